The molecule has 0 aliphatic carbocycles. The summed E-state index contributed by atoms with van der Waals surface area (Å²) in [6.07, 6.45) is 0. The highest BCUT2D eigenvalue weighted by atomic mass is 16.3. The standard InChI is InChI=1S/C72H52N2O2/c1-41-30-43(3)71(44(4)31-41)51-20-26-65-59(37-51)57-35-49(18-24-63(57)73(65)53-22-28-69-61(39-53)55-14-7-9-16-67(55)75-69)47-12-11-13-48(34-47)50-19-25-64-58(36-50)60-38-52(72-45(5)32-42(2)33-46(72)6)21-27-66(60)74(64)54-23-29-70-62(40-54)56-15-8-10-17-68(56)76-70/h7-40H,1-6H3. The number of hydrogen-bond donors (Lipinski definition) is 0. The molecule has 0 unspecified atom stereocenters. The molecule has 0 atom stereocenters. The number of nitrogens with zero attached hydrogens (tertiary/aromatic N) is 2. The maximum Gasteiger partial charge on any atom is 0.135 e. The molecule has 0 bridgehead atoms. The van der Waals surface area contributed by atoms with E-state index in [0.717, 1.165) is 66.3 Å². The molecule has 0 spiro atoms. The summed E-state index contributed by atoms with van der Waals surface area (Å²) in [5.74, 6) is 0. The molecule has 4 nitrogen and oxygen atoms in total. The van der Waals surface area contributed by atoms with Crippen LogP contribution >= 0.6 is 0 Å². The summed E-state index contributed by atoms with van der Waals surface area (Å²) in [6, 6.07) is 76.3. The van der Waals surface area contributed by atoms with Crippen molar-refractivity contribution in [2.24, 2.45) is 0 Å². The first-order chi connectivity index (χ1) is 37.1. The first-order valence-electron chi connectivity index (χ1n) is 26.4. The number of aromatic nitrogens is 2. The molecule has 15 rings (SSSR count). The molecule has 0 saturated heterocycles. The van der Waals surface area contributed by atoms with Crippen LogP contribution in [0, 0.1) is 41.5 Å². The maximum absolute atomic E-state index is 6.30. The van der Waals surface area contributed by atoms with Crippen molar-refractivity contribution in [3.8, 4) is 55.9 Å². The largest absolute Gasteiger partial charge is 0.456 e. The Morgan fingerprint density at radius 1 is 0.250 bits per heavy atom. The monoisotopic (exact) mass is 976 g/mol. The van der Waals surface area contributed by atoms with Crippen LogP contribution < -0.4 is 0 Å². The fraction of sp³-hybridized carbons (Fsp3) is 0.0833. The topological polar surface area (TPSA) is 36.1 Å². The zero-order valence-electron chi connectivity index (χ0n) is 43.3. The van der Waals surface area contributed by atoms with Gasteiger partial charge in [0.1, 0.15) is 22.3 Å². The van der Waals surface area contributed by atoms with Crippen LogP contribution in [-0.2, 0) is 0 Å². The minimum atomic E-state index is 0.892. The van der Waals surface area contributed by atoms with Crippen molar-refractivity contribution < 1.29 is 8.83 Å². The van der Waals surface area contributed by atoms with Gasteiger partial charge in [0, 0.05) is 54.5 Å². The van der Waals surface area contributed by atoms with Gasteiger partial charge in [0.15, 0.2) is 0 Å². The van der Waals surface area contributed by atoms with Gasteiger partial charge in [-0.05, 0) is 211 Å². The summed E-state index contributed by atoms with van der Waals surface area (Å²) in [6.45, 7) is 13.3. The SMILES string of the molecule is Cc1cc(C)c(-c2ccc3c(c2)c2cc(-c4cccc(-c5ccc6c(c5)c5cc(-c7c(C)cc(C)cc7C)ccc5n6-c5ccc6oc7ccccc7c6c5)c4)ccc2n3-c2ccc3oc4ccccc4c3c2)c(C)c1. The zero-order valence-corrected chi connectivity index (χ0v) is 43.3. The lowest BCUT2D eigenvalue weighted by Crippen LogP contribution is -1.94. The van der Waals surface area contributed by atoms with Crippen LogP contribution in [0.25, 0.3) is 143 Å². The Kier molecular flexibility index (Phi) is 9.62. The average molecular weight is 977 g/mol. The smallest absolute Gasteiger partial charge is 0.135 e. The first-order valence-corrected chi connectivity index (χ1v) is 26.4. The predicted molar refractivity (Wildman–Crippen MR) is 320 cm³/mol. The number of para-hydroxylation sites is 2. The average Bonchev–Trinajstić information content (AvgIpc) is 4.19. The lowest BCUT2D eigenvalue weighted by Gasteiger charge is -2.13. The van der Waals surface area contributed by atoms with E-state index in [4.69, 9.17) is 8.83 Å². The molecule has 0 N–H and O–H groups in total. The van der Waals surface area contributed by atoms with E-state index in [-0.39, 0.29) is 0 Å². The molecular weight excluding hydrogens is 925 g/mol. The summed E-state index contributed by atoms with van der Waals surface area (Å²) in [4.78, 5) is 0. The second-order valence-corrected chi connectivity index (χ2v) is 21.3. The number of aryl methyl sites for hydroxylation is 6. The molecule has 11 aromatic carbocycles. The zero-order chi connectivity index (χ0) is 51.1. The number of benzene rings is 11. The predicted octanol–water partition coefficient (Wildman–Crippen LogP) is 20.2. The lowest BCUT2D eigenvalue weighted by atomic mass is 9.92. The van der Waals surface area contributed by atoms with Crippen molar-refractivity contribution in [2.45, 2.75) is 41.5 Å². The van der Waals surface area contributed by atoms with E-state index in [1.165, 1.54) is 110 Å². The van der Waals surface area contributed by atoms with E-state index < -0.39 is 0 Å². The summed E-state index contributed by atoms with van der Waals surface area (Å²) >= 11 is 0. The third kappa shape index (κ3) is 6.77. The molecule has 4 heteroatoms. The molecule has 4 aromatic heterocycles. The molecular formula is C72H52N2O2. The molecule has 0 amide bonds. The third-order valence-corrected chi connectivity index (χ3v) is 16.2. The van der Waals surface area contributed by atoms with E-state index in [1.807, 2.05) is 12.1 Å². The number of furan rings is 2. The second kappa shape index (κ2) is 16.6. The Bertz CT molecular complexity index is 4600. The van der Waals surface area contributed by atoms with Crippen LogP contribution in [0.2, 0.25) is 0 Å². The van der Waals surface area contributed by atoms with Gasteiger partial charge in [-0.1, -0.05) is 114 Å². The quantitative estimate of drug-likeness (QED) is 0.166. The van der Waals surface area contributed by atoms with Crippen molar-refractivity contribution in [1.82, 2.24) is 9.13 Å². The van der Waals surface area contributed by atoms with Gasteiger partial charge >= 0.3 is 0 Å². The maximum atomic E-state index is 6.30. The minimum absolute atomic E-state index is 0.892. The van der Waals surface area contributed by atoms with E-state index >= 15 is 0 Å². The molecule has 4 heterocycles. The fourth-order valence-electron chi connectivity index (χ4n) is 13.1. The van der Waals surface area contributed by atoms with E-state index in [9.17, 15) is 0 Å². The van der Waals surface area contributed by atoms with Gasteiger partial charge in [-0.15, -0.1) is 0 Å². The van der Waals surface area contributed by atoms with Crippen molar-refractivity contribution in [3.63, 3.8) is 0 Å². The third-order valence-electron chi connectivity index (χ3n) is 16.2. The van der Waals surface area contributed by atoms with Crippen LogP contribution in [-0.4, -0.2) is 9.13 Å². The van der Waals surface area contributed by atoms with Gasteiger partial charge < -0.3 is 18.0 Å². The van der Waals surface area contributed by atoms with Gasteiger partial charge in [0.25, 0.3) is 0 Å². The first kappa shape index (κ1) is 44.1. The van der Waals surface area contributed by atoms with Crippen molar-refractivity contribution in [1.29, 1.82) is 0 Å². The second-order valence-electron chi connectivity index (χ2n) is 21.3. The van der Waals surface area contributed by atoms with Gasteiger partial charge in [-0.3, -0.25) is 0 Å². The number of rotatable bonds is 6. The van der Waals surface area contributed by atoms with Crippen LogP contribution in [0.3, 0.4) is 0 Å². The summed E-state index contributed by atoms with van der Waals surface area (Å²) in [5, 5.41) is 9.34. The fourth-order valence-corrected chi connectivity index (χ4v) is 13.1. The highest BCUT2D eigenvalue weighted by Crippen LogP contribution is 2.43. The van der Waals surface area contributed by atoms with Crippen molar-refractivity contribution >= 4 is 87.5 Å². The van der Waals surface area contributed by atoms with Gasteiger partial charge in [-0.25, -0.2) is 0 Å². The highest BCUT2D eigenvalue weighted by Gasteiger charge is 2.21. The molecule has 0 radical (unpaired) electrons. The Morgan fingerprint density at radius 2 is 0.592 bits per heavy atom. The Labute approximate surface area is 440 Å². The number of fused-ring (bicyclic) bond motifs is 12. The van der Waals surface area contributed by atoms with E-state index in [1.54, 1.807) is 0 Å². The molecule has 76 heavy (non-hydrogen) atoms. The Hall–Kier alpha value is -9.38. The summed E-state index contributed by atoms with van der Waals surface area (Å²) < 4.78 is 17.5. The van der Waals surface area contributed by atoms with Crippen molar-refractivity contribution in [3.05, 3.63) is 240 Å². The Morgan fingerprint density at radius 3 is 1.00 bits per heavy atom. The minimum Gasteiger partial charge on any atom is -0.456 e. The molecule has 15 aromatic rings. The molecule has 362 valence electrons. The van der Waals surface area contributed by atoms with Crippen LogP contribution in [0.1, 0.15) is 33.4 Å². The van der Waals surface area contributed by atoms with Crippen LogP contribution in [0.5, 0.6) is 0 Å². The lowest BCUT2D eigenvalue weighted by molar-refractivity contribution is 0.668. The molecule has 0 saturated carbocycles. The Balaban J connectivity index is 0.897. The summed E-state index contributed by atoms with van der Waals surface area (Å²) in [7, 11) is 0. The van der Waals surface area contributed by atoms with Crippen molar-refractivity contribution in [2.75, 3.05) is 0 Å². The van der Waals surface area contributed by atoms with Gasteiger partial charge in [0.05, 0.1) is 22.1 Å². The molecule has 0 fully saturated rings. The van der Waals surface area contributed by atoms with E-state index in [2.05, 4.69) is 245 Å². The highest BCUT2D eigenvalue weighted by molar-refractivity contribution is 6.15. The normalized spacial score (nSPS) is 12.1. The van der Waals surface area contributed by atoms with Crippen LogP contribution in [0.15, 0.2) is 215 Å². The molecule has 0 aliphatic rings. The molecule has 0 aliphatic heterocycles. The van der Waals surface area contributed by atoms with Gasteiger partial charge in [-0.2, -0.15) is 0 Å². The van der Waals surface area contributed by atoms with Gasteiger partial charge in [0.2, 0.25) is 0 Å². The van der Waals surface area contributed by atoms with E-state index in [0.29, 0.717) is 0 Å². The summed E-state index contributed by atoms with van der Waals surface area (Å²) in [5.41, 5.74) is 27.9. The number of hydrogen-bond acceptors (Lipinski definition) is 2. The van der Waals surface area contributed by atoms with Crippen LogP contribution in [0.4, 0.5) is 0 Å².